The standard InChI is InChI=1S/C13H19Cl2N3/c1-9(18-4-2-3-5-18)8-17-13-11(14)6-10(16)7-12(13)15/h6-7,9,17H,2-5,8,16H2,1H3. The average molecular weight is 288 g/mol. The maximum atomic E-state index is 6.14. The summed E-state index contributed by atoms with van der Waals surface area (Å²) in [5, 5.41) is 4.48. The molecule has 0 aliphatic carbocycles. The lowest BCUT2D eigenvalue weighted by atomic mass is 10.2. The van der Waals surface area contributed by atoms with Crippen LogP contribution in [0.25, 0.3) is 0 Å². The minimum atomic E-state index is 0.484. The van der Waals surface area contributed by atoms with Gasteiger partial charge in [-0.05, 0) is 45.0 Å². The predicted octanol–water partition coefficient (Wildman–Crippen LogP) is 3.47. The van der Waals surface area contributed by atoms with E-state index < -0.39 is 0 Å². The SMILES string of the molecule is CC(CNc1c(Cl)cc(N)cc1Cl)N1CCCC1. The molecular formula is C13H19Cl2N3. The van der Waals surface area contributed by atoms with E-state index >= 15 is 0 Å². The Morgan fingerprint density at radius 3 is 2.39 bits per heavy atom. The van der Waals surface area contributed by atoms with Gasteiger partial charge in [0.25, 0.3) is 0 Å². The van der Waals surface area contributed by atoms with Crippen molar-refractivity contribution in [1.29, 1.82) is 0 Å². The number of hydrogen-bond acceptors (Lipinski definition) is 3. The van der Waals surface area contributed by atoms with E-state index in [0.29, 0.717) is 21.8 Å². The third kappa shape index (κ3) is 3.22. The molecular weight excluding hydrogens is 269 g/mol. The first kappa shape index (κ1) is 13.8. The van der Waals surface area contributed by atoms with E-state index in [-0.39, 0.29) is 0 Å². The molecule has 1 aromatic carbocycles. The molecule has 1 atom stereocenters. The van der Waals surface area contributed by atoms with E-state index in [4.69, 9.17) is 28.9 Å². The summed E-state index contributed by atoms with van der Waals surface area (Å²) in [6.07, 6.45) is 2.60. The van der Waals surface area contributed by atoms with Crippen LogP contribution in [-0.2, 0) is 0 Å². The Morgan fingerprint density at radius 1 is 1.28 bits per heavy atom. The van der Waals surface area contributed by atoms with Crippen molar-refractivity contribution >= 4 is 34.6 Å². The van der Waals surface area contributed by atoms with E-state index in [1.54, 1.807) is 12.1 Å². The Kier molecular flexibility index (Phi) is 4.60. The molecule has 1 aliphatic heterocycles. The van der Waals surface area contributed by atoms with Gasteiger partial charge in [-0.2, -0.15) is 0 Å². The molecule has 0 saturated carbocycles. The summed E-state index contributed by atoms with van der Waals surface area (Å²) >= 11 is 12.3. The lowest BCUT2D eigenvalue weighted by molar-refractivity contribution is 0.269. The van der Waals surface area contributed by atoms with Gasteiger partial charge in [-0.1, -0.05) is 23.2 Å². The predicted molar refractivity (Wildman–Crippen MR) is 79.6 cm³/mol. The zero-order valence-corrected chi connectivity index (χ0v) is 12.1. The van der Waals surface area contributed by atoms with Crippen LogP contribution in [0.2, 0.25) is 10.0 Å². The van der Waals surface area contributed by atoms with Crippen LogP contribution in [0.15, 0.2) is 12.1 Å². The van der Waals surface area contributed by atoms with Gasteiger partial charge in [0.15, 0.2) is 0 Å². The number of benzene rings is 1. The molecule has 3 nitrogen and oxygen atoms in total. The van der Waals surface area contributed by atoms with Crippen LogP contribution in [0.4, 0.5) is 11.4 Å². The van der Waals surface area contributed by atoms with Crippen LogP contribution in [0.5, 0.6) is 0 Å². The van der Waals surface area contributed by atoms with Crippen molar-refractivity contribution < 1.29 is 0 Å². The molecule has 1 fully saturated rings. The largest absolute Gasteiger partial charge is 0.399 e. The molecule has 1 aliphatic rings. The molecule has 3 N–H and O–H groups in total. The zero-order chi connectivity index (χ0) is 13.1. The van der Waals surface area contributed by atoms with Crippen molar-refractivity contribution in [1.82, 2.24) is 4.90 Å². The summed E-state index contributed by atoms with van der Waals surface area (Å²) in [6.45, 7) is 5.43. The van der Waals surface area contributed by atoms with Gasteiger partial charge in [0.2, 0.25) is 0 Å². The van der Waals surface area contributed by atoms with Crippen molar-refractivity contribution in [2.24, 2.45) is 0 Å². The normalized spacial score (nSPS) is 17.9. The quantitative estimate of drug-likeness (QED) is 0.833. The summed E-state index contributed by atoms with van der Waals surface area (Å²) in [7, 11) is 0. The number of nitrogen functional groups attached to an aromatic ring is 1. The topological polar surface area (TPSA) is 41.3 Å². The van der Waals surface area contributed by atoms with Gasteiger partial charge in [-0.15, -0.1) is 0 Å². The Morgan fingerprint density at radius 2 is 1.83 bits per heavy atom. The van der Waals surface area contributed by atoms with Gasteiger partial charge in [0.05, 0.1) is 15.7 Å². The molecule has 0 bridgehead atoms. The second-order valence-electron chi connectivity index (χ2n) is 4.83. The minimum absolute atomic E-state index is 0.484. The van der Waals surface area contributed by atoms with E-state index in [2.05, 4.69) is 17.1 Å². The number of nitrogens with one attached hydrogen (secondary N) is 1. The summed E-state index contributed by atoms with van der Waals surface area (Å²) in [4.78, 5) is 2.48. The summed E-state index contributed by atoms with van der Waals surface area (Å²) < 4.78 is 0. The molecule has 0 amide bonds. The molecule has 1 saturated heterocycles. The van der Waals surface area contributed by atoms with Gasteiger partial charge < -0.3 is 11.1 Å². The minimum Gasteiger partial charge on any atom is -0.399 e. The average Bonchev–Trinajstić information content (AvgIpc) is 2.80. The fraction of sp³-hybridized carbons (Fsp3) is 0.538. The maximum absolute atomic E-state index is 6.14. The molecule has 5 heteroatoms. The summed E-state index contributed by atoms with van der Waals surface area (Å²) in [5.74, 6) is 0. The first-order valence-electron chi connectivity index (χ1n) is 6.30. The highest BCUT2D eigenvalue weighted by Crippen LogP contribution is 2.32. The molecule has 2 rings (SSSR count). The van der Waals surface area contributed by atoms with Crippen molar-refractivity contribution in [2.75, 3.05) is 30.7 Å². The Hall–Kier alpha value is -0.640. The highest BCUT2D eigenvalue weighted by Gasteiger charge is 2.18. The fourth-order valence-electron chi connectivity index (χ4n) is 2.32. The monoisotopic (exact) mass is 287 g/mol. The first-order chi connectivity index (χ1) is 8.58. The number of nitrogens with zero attached hydrogens (tertiary/aromatic N) is 1. The maximum Gasteiger partial charge on any atom is 0.0721 e. The molecule has 0 radical (unpaired) electrons. The second kappa shape index (κ2) is 6.00. The van der Waals surface area contributed by atoms with Crippen LogP contribution in [-0.4, -0.2) is 30.6 Å². The molecule has 100 valence electrons. The molecule has 1 aromatic rings. The molecule has 1 heterocycles. The van der Waals surface area contributed by atoms with E-state index in [9.17, 15) is 0 Å². The number of anilines is 2. The van der Waals surface area contributed by atoms with Gasteiger partial charge in [0, 0.05) is 18.3 Å². The van der Waals surface area contributed by atoms with Crippen LogP contribution < -0.4 is 11.1 Å². The third-order valence-electron chi connectivity index (χ3n) is 3.40. The van der Waals surface area contributed by atoms with Crippen molar-refractivity contribution in [2.45, 2.75) is 25.8 Å². The van der Waals surface area contributed by atoms with Crippen molar-refractivity contribution in [3.8, 4) is 0 Å². The Labute approximate surface area is 118 Å². The van der Waals surface area contributed by atoms with E-state index in [1.165, 1.54) is 25.9 Å². The fourth-order valence-corrected chi connectivity index (χ4v) is 2.96. The highest BCUT2D eigenvalue weighted by molar-refractivity contribution is 6.39. The molecule has 18 heavy (non-hydrogen) atoms. The number of rotatable bonds is 4. The van der Waals surface area contributed by atoms with Crippen LogP contribution in [0.1, 0.15) is 19.8 Å². The first-order valence-corrected chi connectivity index (χ1v) is 7.06. The number of likely N-dealkylation sites (tertiary alicyclic amines) is 1. The smallest absolute Gasteiger partial charge is 0.0721 e. The van der Waals surface area contributed by atoms with Crippen LogP contribution in [0.3, 0.4) is 0 Å². The van der Waals surface area contributed by atoms with Crippen LogP contribution in [0, 0.1) is 0 Å². The molecule has 1 unspecified atom stereocenters. The highest BCUT2D eigenvalue weighted by atomic mass is 35.5. The second-order valence-corrected chi connectivity index (χ2v) is 5.65. The Bertz CT molecular complexity index is 394. The Balaban J connectivity index is 1.97. The number of halogens is 2. The number of hydrogen-bond donors (Lipinski definition) is 2. The summed E-state index contributed by atoms with van der Waals surface area (Å²) in [6, 6.07) is 3.92. The van der Waals surface area contributed by atoms with Gasteiger partial charge >= 0.3 is 0 Å². The van der Waals surface area contributed by atoms with Gasteiger partial charge in [-0.25, -0.2) is 0 Å². The van der Waals surface area contributed by atoms with Crippen molar-refractivity contribution in [3.05, 3.63) is 22.2 Å². The number of nitrogens with two attached hydrogens (primary N) is 1. The molecule has 0 aromatic heterocycles. The lowest BCUT2D eigenvalue weighted by Crippen LogP contribution is -2.35. The van der Waals surface area contributed by atoms with Crippen LogP contribution >= 0.6 is 23.2 Å². The van der Waals surface area contributed by atoms with Crippen molar-refractivity contribution in [3.63, 3.8) is 0 Å². The zero-order valence-electron chi connectivity index (χ0n) is 10.5. The van der Waals surface area contributed by atoms with Gasteiger partial charge in [0.1, 0.15) is 0 Å². The summed E-state index contributed by atoms with van der Waals surface area (Å²) in [5.41, 5.74) is 7.04. The van der Waals surface area contributed by atoms with E-state index in [0.717, 1.165) is 12.2 Å². The van der Waals surface area contributed by atoms with Gasteiger partial charge in [-0.3, -0.25) is 4.90 Å². The third-order valence-corrected chi connectivity index (χ3v) is 4.00. The molecule has 0 spiro atoms. The lowest BCUT2D eigenvalue weighted by Gasteiger charge is -2.24. The van der Waals surface area contributed by atoms with E-state index in [1.807, 2.05) is 0 Å².